The second-order valence-corrected chi connectivity index (χ2v) is 4.70. The first kappa shape index (κ1) is 20.5. The zero-order chi connectivity index (χ0) is 17.0. The van der Waals surface area contributed by atoms with Gasteiger partial charge in [-0.1, -0.05) is 23.2 Å². The van der Waals surface area contributed by atoms with Crippen LogP contribution in [0.1, 0.15) is 6.42 Å². The average Bonchev–Trinajstić information content (AvgIpc) is 2.45. The van der Waals surface area contributed by atoms with E-state index in [1.165, 1.54) is 0 Å². The van der Waals surface area contributed by atoms with Crippen LogP contribution in [0.25, 0.3) is 0 Å². The van der Waals surface area contributed by atoms with Gasteiger partial charge in [-0.3, -0.25) is 0 Å². The quantitative estimate of drug-likeness (QED) is 0.433. The average molecular weight is 354 g/mol. The summed E-state index contributed by atoms with van der Waals surface area (Å²) in [6.45, 7) is 2.16. The van der Waals surface area contributed by atoms with Crippen LogP contribution >= 0.6 is 23.2 Å². The lowest BCUT2D eigenvalue weighted by Crippen LogP contribution is -2.20. The van der Waals surface area contributed by atoms with Crippen molar-refractivity contribution in [2.45, 2.75) is 6.42 Å². The molecule has 0 aliphatic rings. The molecule has 0 radical (unpaired) electrons. The van der Waals surface area contributed by atoms with Gasteiger partial charge < -0.3 is 25.4 Å². The maximum Gasteiger partial charge on any atom is 0.414 e. The lowest BCUT2D eigenvalue weighted by atomic mass is 10.3. The Bertz CT molecular complexity index is 472. The van der Waals surface area contributed by atoms with Gasteiger partial charge >= 0.3 is 11.9 Å². The lowest BCUT2D eigenvalue weighted by molar-refractivity contribution is -0.159. The third-order valence-electron chi connectivity index (χ3n) is 2.12. The molecule has 0 atom stereocenters. The van der Waals surface area contributed by atoms with Gasteiger partial charge in [0.2, 0.25) is 0 Å². The van der Waals surface area contributed by atoms with E-state index < -0.39 is 11.9 Å². The number of carboxylic acids is 2. The number of carbonyl (C=O) groups is 2. The van der Waals surface area contributed by atoms with Crippen LogP contribution in [0.15, 0.2) is 18.2 Å². The molecule has 1 aromatic rings. The number of aliphatic hydroxyl groups excluding tert-OH is 1. The third kappa shape index (κ3) is 10.2. The molecule has 1 aromatic carbocycles. The zero-order valence-corrected chi connectivity index (χ0v) is 13.1. The van der Waals surface area contributed by atoms with E-state index in [1.807, 2.05) is 0 Å². The van der Waals surface area contributed by atoms with E-state index in [4.69, 9.17) is 52.8 Å². The number of nitrogens with one attached hydrogen (secondary N) is 1. The Balaban J connectivity index is 0.000000626. The maximum absolute atomic E-state index is 9.10. The highest BCUT2D eigenvalue weighted by atomic mass is 35.5. The zero-order valence-electron chi connectivity index (χ0n) is 11.6. The summed E-state index contributed by atoms with van der Waals surface area (Å²) in [6, 6.07) is 5.15. The van der Waals surface area contributed by atoms with Gasteiger partial charge in [0, 0.05) is 11.6 Å². The number of rotatable bonds is 7. The number of hydrogen-bond donors (Lipinski definition) is 4. The highest BCUT2D eigenvalue weighted by molar-refractivity contribution is 6.35. The van der Waals surface area contributed by atoms with E-state index in [0.29, 0.717) is 28.9 Å². The van der Waals surface area contributed by atoms with Crippen molar-refractivity contribution in [3.63, 3.8) is 0 Å². The Labute approximate surface area is 137 Å². The summed E-state index contributed by atoms with van der Waals surface area (Å²) in [6.07, 6.45) is 0.860. The number of benzene rings is 1. The fraction of sp³-hybridized carbons (Fsp3) is 0.385. The number of carboxylic acid groups (broad SMARTS) is 2. The van der Waals surface area contributed by atoms with Crippen molar-refractivity contribution in [2.24, 2.45) is 0 Å². The summed E-state index contributed by atoms with van der Waals surface area (Å²) < 4.78 is 5.48. The van der Waals surface area contributed by atoms with Crippen molar-refractivity contribution in [3.8, 4) is 5.75 Å². The van der Waals surface area contributed by atoms with Crippen molar-refractivity contribution in [3.05, 3.63) is 28.2 Å². The van der Waals surface area contributed by atoms with Crippen molar-refractivity contribution in [2.75, 3.05) is 26.3 Å². The van der Waals surface area contributed by atoms with Crippen LogP contribution in [0.5, 0.6) is 5.75 Å². The second kappa shape index (κ2) is 12.0. The molecule has 0 heterocycles. The third-order valence-corrected chi connectivity index (χ3v) is 2.65. The normalized spacial score (nSPS) is 9.59. The second-order valence-electron chi connectivity index (χ2n) is 3.86. The van der Waals surface area contributed by atoms with Gasteiger partial charge in [0.25, 0.3) is 0 Å². The van der Waals surface area contributed by atoms with Crippen LogP contribution in [0.2, 0.25) is 10.0 Å². The number of halogens is 2. The highest BCUT2D eigenvalue weighted by Crippen LogP contribution is 2.27. The van der Waals surface area contributed by atoms with Crippen molar-refractivity contribution in [1.29, 1.82) is 0 Å². The number of hydrogen-bond acceptors (Lipinski definition) is 5. The summed E-state index contributed by atoms with van der Waals surface area (Å²) in [4.78, 5) is 18.2. The number of aliphatic carboxylic acids is 2. The van der Waals surface area contributed by atoms with Crippen LogP contribution in [0, 0.1) is 0 Å². The summed E-state index contributed by atoms with van der Waals surface area (Å²) in [5.74, 6) is -3.00. The Morgan fingerprint density at radius 1 is 1.14 bits per heavy atom. The van der Waals surface area contributed by atoms with Gasteiger partial charge in [0.05, 0.1) is 18.2 Å². The predicted molar refractivity (Wildman–Crippen MR) is 81.8 cm³/mol. The van der Waals surface area contributed by atoms with Gasteiger partial charge in [0.1, 0.15) is 5.75 Å². The van der Waals surface area contributed by atoms with E-state index in [9.17, 15) is 0 Å². The molecular formula is C13H17Cl2NO6. The number of aliphatic hydroxyl groups is 1. The standard InChI is InChI=1S/C11H15Cl2NO2.C2H2O4/c12-9-2-3-11(10(13)8-9)16-7-1-4-14-5-6-15;3-1(4)2(5)6/h2-3,8,14-15H,1,4-7H2;(H,3,4)(H,5,6). The molecule has 0 bridgehead atoms. The molecule has 4 N–H and O–H groups in total. The maximum atomic E-state index is 9.10. The smallest absolute Gasteiger partial charge is 0.414 e. The largest absolute Gasteiger partial charge is 0.492 e. The molecule has 0 fully saturated rings. The van der Waals surface area contributed by atoms with Crippen LogP contribution in [0.4, 0.5) is 0 Å². The molecule has 0 unspecified atom stereocenters. The van der Waals surface area contributed by atoms with E-state index in [1.54, 1.807) is 18.2 Å². The molecule has 124 valence electrons. The molecule has 0 aliphatic heterocycles. The molecule has 0 saturated carbocycles. The van der Waals surface area contributed by atoms with E-state index in [2.05, 4.69) is 5.32 Å². The summed E-state index contributed by atoms with van der Waals surface area (Å²) in [5.41, 5.74) is 0. The van der Waals surface area contributed by atoms with E-state index in [0.717, 1.165) is 13.0 Å². The van der Waals surface area contributed by atoms with Crippen LogP contribution in [0.3, 0.4) is 0 Å². The van der Waals surface area contributed by atoms with Crippen LogP contribution < -0.4 is 10.1 Å². The molecule has 7 nitrogen and oxygen atoms in total. The van der Waals surface area contributed by atoms with Gasteiger partial charge in [-0.2, -0.15) is 0 Å². The van der Waals surface area contributed by atoms with E-state index >= 15 is 0 Å². The fourth-order valence-electron chi connectivity index (χ4n) is 1.18. The monoisotopic (exact) mass is 353 g/mol. The van der Waals surface area contributed by atoms with Gasteiger partial charge in [-0.25, -0.2) is 9.59 Å². The molecule has 1 rings (SSSR count). The minimum Gasteiger partial charge on any atom is -0.492 e. The molecule has 9 heteroatoms. The number of ether oxygens (including phenoxy) is 1. The fourth-order valence-corrected chi connectivity index (χ4v) is 1.64. The molecule has 0 amide bonds. The summed E-state index contributed by atoms with van der Waals surface area (Å²) in [5, 5.41) is 27.5. The molecule has 0 spiro atoms. The molecular weight excluding hydrogens is 337 g/mol. The van der Waals surface area contributed by atoms with Gasteiger partial charge in [0.15, 0.2) is 0 Å². The Hall–Kier alpha value is -1.54. The minimum atomic E-state index is -1.82. The van der Waals surface area contributed by atoms with Crippen LogP contribution in [-0.4, -0.2) is 53.6 Å². The first-order chi connectivity index (χ1) is 10.4. The first-order valence-electron chi connectivity index (χ1n) is 6.24. The van der Waals surface area contributed by atoms with E-state index in [-0.39, 0.29) is 6.61 Å². The lowest BCUT2D eigenvalue weighted by Gasteiger charge is -2.08. The summed E-state index contributed by atoms with van der Waals surface area (Å²) in [7, 11) is 0. The Kier molecular flexibility index (Phi) is 11.2. The van der Waals surface area contributed by atoms with Gasteiger partial charge in [-0.15, -0.1) is 0 Å². The van der Waals surface area contributed by atoms with Crippen molar-refractivity contribution in [1.82, 2.24) is 5.32 Å². The highest BCUT2D eigenvalue weighted by Gasteiger charge is 2.04. The first-order valence-corrected chi connectivity index (χ1v) is 6.99. The van der Waals surface area contributed by atoms with Gasteiger partial charge in [-0.05, 0) is 31.2 Å². The Morgan fingerprint density at radius 3 is 2.27 bits per heavy atom. The van der Waals surface area contributed by atoms with Crippen LogP contribution in [-0.2, 0) is 9.59 Å². The molecule has 0 saturated heterocycles. The minimum absolute atomic E-state index is 0.157. The SMILES string of the molecule is O=C(O)C(=O)O.OCCNCCCOc1ccc(Cl)cc1Cl. The molecule has 0 aliphatic carbocycles. The predicted octanol–water partition coefficient (Wildman–Crippen LogP) is 1.50. The summed E-state index contributed by atoms with van der Waals surface area (Å²) >= 11 is 11.7. The molecule has 22 heavy (non-hydrogen) atoms. The van der Waals surface area contributed by atoms with Crippen molar-refractivity contribution >= 4 is 35.1 Å². The Morgan fingerprint density at radius 2 is 1.77 bits per heavy atom. The molecule has 0 aromatic heterocycles. The topological polar surface area (TPSA) is 116 Å². The van der Waals surface area contributed by atoms with Crippen molar-refractivity contribution < 1.29 is 29.6 Å².